The second kappa shape index (κ2) is 7.39. The molecule has 0 heterocycles. The number of hydrogen-bond acceptors (Lipinski definition) is 3. The molecule has 0 spiro atoms. The number of rotatable bonds is 7. The Balaban J connectivity index is 2.05. The molecule has 1 aromatic rings. The fourth-order valence-corrected chi connectivity index (χ4v) is 2.92. The van der Waals surface area contributed by atoms with Crippen molar-refractivity contribution in [3.05, 3.63) is 24.3 Å². The van der Waals surface area contributed by atoms with Gasteiger partial charge < -0.3 is 15.4 Å². The van der Waals surface area contributed by atoms with Crippen LogP contribution in [0.2, 0.25) is 0 Å². The van der Waals surface area contributed by atoms with Gasteiger partial charge in [0.05, 0.1) is 7.11 Å². The van der Waals surface area contributed by atoms with E-state index in [0.29, 0.717) is 0 Å². The number of ether oxygens (including phenoxy) is 1. The molecule has 3 nitrogen and oxygen atoms in total. The lowest BCUT2D eigenvalue weighted by atomic mass is 10.1. The van der Waals surface area contributed by atoms with E-state index in [2.05, 4.69) is 23.1 Å². The monoisotopic (exact) mass is 262 g/mol. The molecule has 1 saturated carbocycles. The predicted octanol–water partition coefficient (Wildman–Crippen LogP) is 3.04. The molecule has 2 N–H and O–H groups in total. The van der Waals surface area contributed by atoms with Gasteiger partial charge in [0.25, 0.3) is 0 Å². The SMILES string of the molecule is COc1cccc(N(CCCN)CC2CCCC2)c1. The van der Waals surface area contributed by atoms with Crippen LogP contribution in [0.15, 0.2) is 24.3 Å². The number of benzene rings is 1. The summed E-state index contributed by atoms with van der Waals surface area (Å²) in [5, 5.41) is 0. The molecule has 1 aliphatic rings. The van der Waals surface area contributed by atoms with Gasteiger partial charge in [-0.25, -0.2) is 0 Å². The van der Waals surface area contributed by atoms with Gasteiger partial charge in [0, 0.05) is 24.8 Å². The second-order valence-electron chi connectivity index (χ2n) is 5.44. The first kappa shape index (κ1) is 14.2. The van der Waals surface area contributed by atoms with E-state index in [1.54, 1.807) is 7.11 Å². The standard InChI is InChI=1S/C16H26N2O/c1-19-16-9-4-8-15(12-16)18(11-5-10-17)13-14-6-2-3-7-14/h4,8-9,12,14H,2-3,5-7,10-11,13,17H2,1H3. The zero-order valence-corrected chi connectivity index (χ0v) is 12.0. The maximum absolute atomic E-state index is 5.67. The molecule has 0 bridgehead atoms. The Morgan fingerprint density at radius 3 is 2.79 bits per heavy atom. The smallest absolute Gasteiger partial charge is 0.120 e. The molecule has 0 aliphatic heterocycles. The fraction of sp³-hybridized carbons (Fsp3) is 0.625. The Bertz CT molecular complexity index is 375. The molecule has 2 rings (SSSR count). The molecule has 106 valence electrons. The average molecular weight is 262 g/mol. The Morgan fingerprint density at radius 1 is 1.32 bits per heavy atom. The highest BCUT2D eigenvalue weighted by Crippen LogP contribution is 2.28. The van der Waals surface area contributed by atoms with Crippen LogP contribution in [-0.2, 0) is 0 Å². The third-order valence-electron chi connectivity index (χ3n) is 4.00. The second-order valence-corrected chi connectivity index (χ2v) is 5.44. The maximum Gasteiger partial charge on any atom is 0.120 e. The topological polar surface area (TPSA) is 38.5 Å². The average Bonchev–Trinajstić information content (AvgIpc) is 2.96. The number of nitrogens with two attached hydrogens (primary N) is 1. The number of hydrogen-bond donors (Lipinski definition) is 1. The normalized spacial score (nSPS) is 15.7. The highest BCUT2D eigenvalue weighted by molar-refractivity contribution is 5.50. The predicted molar refractivity (Wildman–Crippen MR) is 80.8 cm³/mol. The third kappa shape index (κ3) is 4.13. The van der Waals surface area contributed by atoms with Crippen molar-refractivity contribution in [2.24, 2.45) is 11.7 Å². The van der Waals surface area contributed by atoms with Crippen LogP contribution in [0.5, 0.6) is 5.75 Å². The van der Waals surface area contributed by atoms with Crippen LogP contribution in [0, 0.1) is 5.92 Å². The molecule has 0 saturated heterocycles. The minimum absolute atomic E-state index is 0.755. The first-order chi connectivity index (χ1) is 9.33. The molecule has 3 heteroatoms. The Morgan fingerprint density at radius 2 is 2.11 bits per heavy atom. The molecular weight excluding hydrogens is 236 g/mol. The fourth-order valence-electron chi connectivity index (χ4n) is 2.92. The highest BCUT2D eigenvalue weighted by Gasteiger charge is 2.18. The quantitative estimate of drug-likeness (QED) is 0.821. The van der Waals surface area contributed by atoms with Gasteiger partial charge in [0.1, 0.15) is 5.75 Å². The molecule has 0 radical (unpaired) electrons. The minimum atomic E-state index is 0.755. The van der Waals surface area contributed by atoms with Gasteiger partial charge in [0.15, 0.2) is 0 Å². The van der Waals surface area contributed by atoms with Crippen LogP contribution in [0.4, 0.5) is 5.69 Å². The zero-order chi connectivity index (χ0) is 13.5. The van der Waals surface area contributed by atoms with E-state index in [1.165, 1.54) is 31.4 Å². The summed E-state index contributed by atoms with van der Waals surface area (Å²) in [4.78, 5) is 2.48. The Labute approximate surface area is 116 Å². The van der Waals surface area contributed by atoms with Crippen LogP contribution in [0.1, 0.15) is 32.1 Å². The summed E-state index contributed by atoms with van der Waals surface area (Å²) in [6.45, 7) is 2.96. The summed E-state index contributed by atoms with van der Waals surface area (Å²) in [5.41, 5.74) is 6.93. The molecule has 0 unspecified atom stereocenters. The molecule has 1 aliphatic carbocycles. The van der Waals surface area contributed by atoms with Crippen molar-refractivity contribution in [2.45, 2.75) is 32.1 Å². The van der Waals surface area contributed by atoms with E-state index in [0.717, 1.165) is 37.7 Å². The molecule has 19 heavy (non-hydrogen) atoms. The largest absolute Gasteiger partial charge is 0.497 e. The van der Waals surface area contributed by atoms with E-state index < -0.39 is 0 Å². The van der Waals surface area contributed by atoms with Gasteiger partial charge in [-0.2, -0.15) is 0 Å². The van der Waals surface area contributed by atoms with Crippen molar-refractivity contribution < 1.29 is 4.74 Å². The Hall–Kier alpha value is -1.22. The van der Waals surface area contributed by atoms with Gasteiger partial charge in [-0.15, -0.1) is 0 Å². The number of nitrogens with zero attached hydrogens (tertiary/aromatic N) is 1. The van der Waals surface area contributed by atoms with E-state index in [-0.39, 0.29) is 0 Å². The van der Waals surface area contributed by atoms with Gasteiger partial charge in [-0.05, 0) is 43.9 Å². The molecule has 0 atom stereocenters. The van der Waals surface area contributed by atoms with E-state index >= 15 is 0 Å². The maximum atomic E-state index is 5.67. The van der Waals surface area contributed by atoms with Crippen molar-refractivity contribution >= 4 is 5.69 Å². The van der Waals surface area contributed by atoms with Gasteiger partial charge in [-0.1, -0.05) is 18.9 Å². The van der Waals surface area contributed by atoms with Crippen LogP contribution < -0.4 is 15.4 Å². The third-order valence-corrected chi connectivity index (χ3v) is 4.00. The summed E-state index contributed by atoms with van der Waals surface area (Å²) in [6, 6.07) is 8.37. The van der Waals surface area contributed by atoms with E-state index in [1.807, 2.05) is 6.07 Å². The van der Waals surface area contributed by atoms with Gasteiger partial charge >= 0.3 is 0 Å². The van der Waals surface area contributed by atoms with Gasteiger partial charge in [-0.3, -0.25) is 0 Å². The molecule has 1 fully saturated rings. The Kier molecular flexibility index (Phi) is 5.52. The summed E-state index contributed by atoms with van der Waals surface area (Å²) in [5.74, 6) is 1.78. The molecule has 0 amide bonds. The lowest BCUT2D eigenvalue weighted by Crippen LogP contribution is -2.30. The van der Waals surface area contributed by atoms with Crippen LogP contribution in [-0.4, -0.2) is 26.7 Å². The van der Waals surface area contributed by atoms with E-state index in [4.69, 9.17) is 10.5 Å². The van der Waals surface area contributed by atoms with Crippen molar-refractivity contribution in [1.82, 2.24) is 0 Å². The molecule has 1 aromatic carbocycles. The lowest BCUT2D eigenvalue weighted by Gasteiger charge is -2.28. The van der Waals surface area contributed by atoms with Crippen molar-refractivity contribution in [3.63, 3.8) is 0 Å². The summed E-state index contributed by atoms with van der Waals surface area (Å²) in [6.07, 6.45) is 6.59. The van der Waals surface area contributed by atoms with Crippen LogP contribution in [0.3, 0.4) is 0 Å². The highest BCUT2D eigenvalue weighted by atomic mass is 16.5. The first-order valence-electron chi connectivity index (χ1n) is 7.42. The van der Waals surface area contributed by atoms with Crippen molar-refractivity contribution in [1.29, 1.82) is 0 Å². The van der Waals surface area contributed by atoms with Crippen LogP contribution in [0.25, 0.3) is 0 Å². The summed E-state index contributed by atoms with van der Waals surface area (Å²) in [7, 11) is 1.72. The molecule has 0 aromatic heterocycles. The number of anilines is 1. The zero-order valence-electron chi connectivity index (χ0n) is 12.0. The van der Waals surface area contributed by atoms with Gasteiger partial charge in [0.2, 0.25) is 0 Å². The first-order valence-corrected chi connectivity index (χ1v) is 7.42. The lowest BCUT2D eigenvalue weighted by molar-refractivity contribution is 0.414. The molecular formula is C16H26N2O. The van der Waals surface area contributed by atoms with Crippen molar-refractivity contribution in [2.75, 3.05) is 31.6 Å². The van der Waals surface area contributed by atoms with Crippen molar-refractivity contribution in [3.8, 4) is 5.75 Å². The summed E-state index contributed by atoms with van der Waals surface area (Å²) < 4.78 is 5.33. The number of methoxy groups -OCH3 is 1. The van der Waals surface area contributed by atoms with Crippen LogP contribution >= 0.6 is 0 Å². The summed E-state index contributed by atoms with van der Waals surface area (Å²) >= 11 is 0. The van der Waals surface area contributed by atoms with E-state index in [9.17, 15) is 0 Å². The minimum Gasteiger partial charge on any atom is -0.497 e.